The number of ether oxygens (including phenoxy) is 2. The van der Waals surface area contributed by atoms with Crippen LogP contribution in [0.5, 0.6) is 0 Å². The third-order valence-electron chi connectivity index (χ3n) is 2.81. The largest absolute Gasteiger partial charge is 0.467 e. The van der Waals surface area contributed by atoms with Crippen LogP contribution in [0.1, 0.15) is 5.56 Å². The quantitative estimate of drug-likeness (QED) is 0.608. The molecule has 98 valence electrons. The van der Waals surface area contributed by atoms with Crippen molar-refractivity contribution in [3.05, 3.63) is 29.0 Å². The molecule has 18 heavy (non-hydrogen) atoms. The molecule has 1 fully saturated rings. The lowest BCUT2D eigenvalue weighted by Crippen LogP contribution is -2.46. The summed E-state index contributed by atoms with van der Waals surface area (Å²) in [6.07, 6.45) is 1.24. The summed E-state index contributed by atoms with van der Waals surface area (Å²) in [5, 5.41) is 0.480. The summed E-state index contributed by atoms with van der Waals surface area (Å²) in [5.74, 6) is -0.325. The van der Waals surface area contributed by atoms with E-state index in [0.29, 0.717) is 18.3 Å². The molecular weight excluding hydrogens is 256 g/mol. The number of hydrogen-bond donors (Lipinski definition) is 0. The molecule has 0 radical (unpaired) electrons. The minimum absolute atomic E-state index is 0.325. The SMILES string of the molecule is COC(=O)C1CN(Cc2ccc(Cl)nc2)CCO1. The summed E-state index contributed by atoms with van der Waals surface area (Å²) in [4.78, 5) is 17.6. The van der Waals surface area contributed by atoms with Crippen LogP contribution in [-0.2, 0) is 20.8 Å². The van der Waals surface area contributed by atoms with Gasteiger partial charge in [0.05, 0.1) is 13.7 Å². The van der Waals surface area contributed by atoms with Crippen LogP contribution in [0.4, 0.5) is 0 Å². The summed E-state index contributed by atoms with van der Waals surface area (Å²) >= 11 is 5.73. The first-order valence-electron chi connectivity index (χ1n) is 5.71. The minimum atomic E-state index is -0.496. The second-order valence-electron chi connectivity index (χ2n) is 4.11. The number of pyridine rings is 1. The standard InChI is InChI=1S/C12H15ClN2O3/c1-17-12(16)10-8-15(4-5-18-10)7-9-2-3-11(13)14-6-9/h2-3,6,10H,4-5,7-8H2,1H3. The lowest BCUT2D eigenvalue weighted by atomic mass is 10.2. The van der Waals surface area contributed by atoms with E-state index >= 15 is 0 Å². The molecule has 0 spiro atoms. The zero-order valence-electron chi connectivity index (χ0n) is 10.1. The van der Waals surface area contributed by atoms with Crippen molar-refractivity contribution in [1.82, 2.24) is 9.88 Å². The molecule has 1 aliphatic heterocycles. The van der Waals surface area contributed by atoms with Crippen molar-refractivity contribution in [2.24, 2.45) is 0 Å². The molecule has 6 heteroatoms. The van der Waals surface area contributed by atoms with Crippen LogP contribution in [-0.4, -0.2) is 48.8 Å². The van der Waals surface area contributed by atoms with E-state index in [2.05, 4.69) is 14.6 Å². The number of carbonyl (C=O) groups is 1. The van der Waals surface area contributed by atoms with Crippen molar-refractivity contribution in [2.45, 2.75) is 12.6 Å². The van der Waals surface area contributed by atoms with Gasteiger partial charge in [0, 0.05) is 25.8 Å². The number of rotatable bonds is 3. The van der Waals surface area contributed by atoms with E-state index in [9.17, 15) is 4.79 Å². The molecule has 2 rings (SSSR count). The number of morpholine rings is 1. The molecule has 0 aliphatic carbocycles. The maximum atomic E-state index is 11.4. The number of esters is 1. The number of aromatic nitrogens is 1. The molecule has 0 saturated carbocycles. The summed E-state index contributed by atoms with van der Waals surface area (Å²) < 4.78 is 10.0. The Hall–Kier alpha value is -1.17. The van der Waals surface area contributed by atoms with Gasteiger partial charge in [0.2, 0.25) is 0 Å². The number of hydrogen-bond acceptors (Lipinski definition) is 5. The van der Waals surface area contributed by atoms with Crippen molar-refractivity contribution in [2.75, 3.05) is 26.8 Å². The van der Waals surface area contributed by atoms with E-state index < -0.39 is 6.10 Å². The summed E-state index contributed by atoms with van der Waals surface area (Å²) in [6.45, 7) is 2.58. The molecule has 1 atom stereocenters. The van der Waals surface area contributed by atoms with Crippen molar-refractivity contribution >= 4 is 17.6 Å². The first kappa shape index (κ1) is 13.3. The van der Waals surface area contributed by atoms with Crippen LogP contribution >= 0.6 is 11.6 Å². The van der Waals surface area contributed by atoms with Crippen LogP contribution < -0.4 is 0 Å². The van der Waals surface area contributed by atoms with Crippen molar-refractivity contribution in [3.63, 3.8) is 0 Å². The summed E-state index contributed by atoms with van der Waals surface area (Å²) in [7, 11) is 1.37. The van der Waals surface area contributed by atoms with E-state index in [0.717, 1.165) is 18.7 Å². The normalized spacial score (nSPS) is 20.7. The maximum absolute atomic E-state index is 11.4. The van der Waals surface area contributed by atoms with Crippen LogP contribution in [0, 0.1) is 0 Å². The van der Waals surface area contributed by atoms with Gasteiger partial charge in [0.25, 0.3) is 0 Å². The summed E-state index contributed by atoms with van der Waals surface area (Å²) in [6, 6.07) is 3.69. The second kappa shape index (κ2) is 6.13. The van der Waals surface area contributed by atoms with Gasteiger partial charge in [0.1, 0.15) is 5.15 Å². The molecule has 1 unspecified atom stereocenters. The van der Waals surface area contributed by atoms with E-state index in [1.165, 1.54) is 7.11 Å². The molecule has 5 nitrogen and oxygen atoms in total. The smallest absolute Gasteiger partial charge is 0.336 e. The first-order chi connectivity index (χ1) is 8.69. The maximum Gasteiger partial charge on any atom is 0.336 e. The Balaban J connectivity index is 1.93. The van der Waals surface area contributed by atoms with Gasteiger partial charge in [-0.2, -0.15) is 0 Å². The number of halogens is 1. The third-order valence-corrected chi connectivity index (χ3v) is 3.03. The van der Waals surface area contributed by atoms with E-state index in [1.54, 1.807) is 12.3 Å². The van der Waals surface area contributed by atoms with E-state index in [1.807, 2.05) is 6.07 Å². The lowest BCUT2D eigenvalue weighted by molar-refractivity contribution is -0.160. The predicted molar refractivity (Wildman–Crippen MR) is 66.3 cm³/mol. The topological polar surface area (TPSA) is 51.7 Å². The zero-order valence-corrected chi connectivity index (χ0v) is 10.9. The lowest BCUT2D eigenvalue weighted by Gasteiger charge is -2.31. The molecule has 0 aromatic carbocycles. The third kappa shape index (κ3) is 3.41. The van der Waals surface area contributed by atoms with Crippen LogP contribution in [0.15, 0.2) is 18.3 Å². The zero-order chi connectivity index (χ0) is 13.0. The van der Waals surface area contributed by atoms with Crippen molar-refractivity contribution < 1.29 is 14.3 Å². The highest BCUT2D eigenvalue weighted by molar-refractivity contribution is 6.29. The monoisotopic (exact) mass is 270 g/mol. The Labute approximate surface area is 111 Å². The average molecular weight is 271 g/mol. The average Bonchev–Trinajstić information content (AvgIpc) is 2.41. The number of carbonyl (C=O) groups excluding carboxylic acids is 1. The van der Waals surface area contributed by atoms with Gasteiger partial charge in [-0.1, -0.05) is 17.7 Å². The fraction of sp³-hybridized carbons (Fsp3) is 0.500. The van der Waals surface area contributed by atoms with Crippen LogP contribution in [0.3, 0.4) is 0 Å². The Morgan fingerprint density at radius 3 is 3.17 bits per heavy atom. The number of methoxy groups -OCH3 is 1. The Bertz CT molecular complexity index is 410. The molecular formula is C12H15ClN2O3. The fourth-order valence-electron chi connectivity index (χ4n) is 1.88. The van der Waals surface area contributed by atoms with Crippen molar-refractivity contribution in [3.8, 4) is 0 Å². The van der Waals surface area contributed by atoms with Gasteiger partial charge in [-0.3, -0.25) is 4.90 Å². The molecule has 2 heterocycles. The molecule has 0 amide bonds. The highest BCUT2D eigenvalue weighted by atomic mass is 35.5. The van der Waals surface area contributed by atoms with E-state index in [4.69, 9.17) is 16.3 Å². The number of nitrogens with zero attached hydrogens (tertiary/aromatic N) is 2. The molecule has 0 N–H and O–H groups in total. The fourth-order valence-corrected chi connectivity index (χ4v) is 1.99. The van der Waals surface area contributed by atoms with Gasteiger partial charge >= 0.3 is 5.97 Å². The van der Waals surface area contributed by atoms with Crippen molar-refractivity contribution in [1.29, 1.82) is 0 Å². The van der Waals surface area contributed by atoms with Gasteiger partial charge in [0.15, 0.2) is 6.10 Å². The van der Waals surface area contributed by atoms with Gasteiger partial charge < -0.3 is 9.47 Å². The molecule has 1 saturated heterocycles. The predicted octanol–water partition coefficient (Wildman–Crippen LogP) is 1.11. The first-order valence-corrected chi connectivity index (χ1v) is 6.09. The molecule has 0 bridgehead atoms. The van der Waals surface area contributed by atoms with Crippen LogP contribution in [0.2, 0.25) is 5.15 Å². The second-order valence-corrected chi connectivity index (χ2v) is 4.49. The Morgan fingerprint density at radius 1 is 1.67 bits per heavy atom. The van der Waals surface area contributed by atoms with Crippen LogP contribution in [0.25, 0.3) is 0 Å². The van der Waals surface area contributed by atoms with Gasteiger partial charge in [-0.05, 0) is 11.6 Å². The highest BCUT2D eigenvalue weighted by Gasteiger charge is 2.27. The molecule has 1 aliphatic rings. The van der Waals surface area contributed by atoms with E-state index in [-0.39, 0.29) is 5.97 Å². The Morgan fingerprint density at radius 2 is 2.50 bits per heavy atom. The highest BCUT2D eigenvalue weighted by Crippen LogP contribution is 2.12. The molecule has 1 aromatic heterocycles. The summed E-state index contributed by atoms with van der Waals surface area (Å²) in [5.41, 5.74) is 1.06. The Kier molecular flexibility index (Phi) is 4.52. The van der Waals surface area contributed by atoms with Gasteiger partial charge in [-0.25, -0.2) is 9.78 Å². The minimum Gasteiger partial charge on any atom is -0.467 e. The van der Waals surface area contributed by atoms with Gasteiger partial charge in [-0.15, -0.1) is 0 Å². The molecule has 1 aromatic rings.